The van der Waals surface area contributed by atoms with Crippen LogP contribution in [0.3, 0.4) is 0 Å². The Morgan fingerprint density at radius 1 is 1.00 bits per heavy atom. The zero-order valence-electron chi connectivity index (χ0n) is 13.7. The van der Waals surface area contributed by atoms with Gasteiger partial charge in [0.25, 0.3) is 0 Å². The minimum atomic E-state index is 0.664. The summed E-state index contributed by atoms with van der Waals surface area (Å²) in [5, 5.41) is 3.68. The molecular weight excluding hydrogens is 262 g/mol. The van der Waals surface area contributed by atoms with Crippen molar-refractivity contribution in [1.82, 2.24) is 5.32 Å². The van der Waals surface area contributed by atoms with Crippen LogP contribution in [0.25, 0.3) is 0 Å². The first-order valence-corrected chi connectivity index (χ1v) is 8.34. The molecule has 0 unspecified atom stereocenters. The molecule has 0 amide bonds. The summed E-state index contributed by atoms with van der Waals surface area (Å²) in [4.78, 5) is 0. The predicted molar refractivity (Wildman–Crippen MR) is 87.0 cm³/mol. The van der Waals surface area contributed by atoms with Gasteiger partial charge in [0, 0.05) is 12.6 Å². The van der Waals surface area contributed by atoms with Crippen molar-refractivity contribution < 1.29 is 9.47 Å². The maximum atomic E-state index is 5.68. The van der Waals surface area contributed by atoms with Gasteiger partial charge in [0.05, 0.1) is 13.2 Å². The Labute approximate surface area is 129 Å². The van der Waals surface area contributed by atoms with Crippen LogP contribution in [0.5, 0.6) is 11.5 Å². The van der Waals surface area contributed by atoms with Crippen molar-refractivity contribution in [3.05, 3.63) is 23.8 Å². The van der Waals surface area contributed by atoms with Crippen LogP contribution in [0.2, 0.25) is 0 Å². The summed E-state index contributed by atoms with van der Waals surface area (Å²) in [5.41, 5.74) is 1.26. The van der Waals surface area contributed by atoms with Gasteiger partial charge in [-0.3, -0.25) is 0 Å². The van der Waals surface area contributed by atoms with Crippen LogP contribution in [0.15, 0.2) is 18.2 Å². The fourth-order valence-corrected chi connectivity index (χ4v) is 2.93. The number of benzene rings is 1. The second-order valence-electron chi connectivity index (χ2n) is 5.98. The summed E-state index contributed by atoms with van der Waals surface area (Å²) in [7, 11) is 0. The highest BCUT2D eigenvalue weighted by molar-refractivity contribution is 5.43. The Balaban J connectivity index is 1.92. The molecule has 0 aliphatic heterocycles. The van der Waals surface area contributed by atoms with E-state index in [2.05, 4.69) is 24.4 Å². The van der Waals surface area contributed by atoms with E-state index in [0.717, 1.165) is 24.0 Å². The Hall–Kier alpha value is -1.22. The molecule has 1 aliphatic carbocycles. The van der Waals surface area contributed by atoms with E-state index < -0.39 is 0 Å². The summed E-state index contributed by atoms with van der Waals surface area (Å²) in [5.74, 6) is 2.60. The average Bonchev–Trinajstić information content (AvgIpc) is 2.49. The Morgan fingerprint density at radius 2 is 1.67 bits per heavy atom. The van der Waals surface area contributed by atoms with Crippen molar-refractivity contribution in [3.63, 3.8) is 0 Å². The summed E-state index contributed by atoms with van der Waals surface area (Å²) in [6.45, 7) is 8.59. The molecule has 0 spiro atoms. The van der Waals surface area contributed by atoms with E-state index in [0.29, 0.717) is 19.3 Å². The molecule has 0 saturated heterocycles. The van der Waals surface area contributed by atoms with Crippen LogP contribution in [0.1, 0.15) is 52.0 Å². The van der Waals surface area contributed by atoms with Gasteiger partial charge < -0.3 is 14.8 Å². The summed E-state index contributed by atoms with van der Waals surface area (Å²) in [6.07, 6.45) is 5.31. The van der Waals surface area contributed by atoms with Crippen molar-refractivity contribution in [2.75, 3.05) is 13.2 Å². The molecule has 1 aliphatic rings. The first kappa shape index (κ1) is 16.2. The predicted octanol–water partition coefficient (Wildman–Crippen LogP) is 4.15. The highest BCUT2D eigenvalue weighted by Crippen LogP contribution is 2.29. The maximum Gasteiger partial charge on any atom is 0.161 e. The SMILES string of the molecule is CCOc1ccc(CNC2CCC(C)CC2)cc1OCC. The summed E-state index contributed by atoms with van der Waals surface area (Å²) in [6, 6.07) is 6.93. The van der Waals surface area contributed by atoms with Crippen molar-refractivity contribution in [1.29, 1.82) is 0 Å². The molecule has 21 heavy (non-hydrogen) atoms. The van der Waals surface area contributed by atoms with E-state index >= 15 is 0 Å². The zero-order chi connectivity index (χ0) is 15.1. The Bertz CT molecular complexity index is 425. The van der Waals surface area contributed by atoms with Gasteiger partial charge in [0.15, 0.2) is 11.5 Å². The zero-order valence-corrected chi connectivity index (χ0v) is 13.7. The molecule has 3 heteroatoms. The molecule has 1 aromatic carbocycles. The number of rotatable bonds is 7. The van der Waals surface area contributed by atoms with Crippen LogP contribution in [-0.2, 0) is 6.54 Å². The van der Waals surface area contributed by atoms with Crippen molar-refractivity contribution in [2.45, 2.75) is 59.0 Å². The fraction of sp³-hybridized carbons (Fsp3) is 0.667. The molecular formula is C18H29NO2. The lowest BCUT2D eigenvalue weighted by molar-refractivity contribution is 0.286. The summed E-state index contributed by atoms with van der Waals surface area (Å²) < 4.78 is 11.3. The molecule has 0 radical (unpaired) electrons. The van der Waals surface area contributed by atoms with Crippen LogP contribution >= 0.6 is 0 Å². The third-order valence-corrected chi connectivity index (χ3v) is 4.22. The first-order chi connectivity index (χ1) is 10.2. The fourth-order valence-electron chi connectivity index (χ4n) is 2.93. The molecule has 0 atom stereocenters. The molecule has 118 valence electrons. The van der Waals surface area contributed by atoms with Gasteiger partial charge in [-0.05, 0) is 63.1 Å². The lowest BCUT2D eigenvalue weighted by Crippen LogP contribution is -2.32. The van der Waals surface area contributed by atoms with Gasteiger partial charge in [-0.1, -0.05) is 13.0 Å². The van der Waals surface area contributed by atoms with E-state index in [1.54, 1.807) is 0 Å². The molecule has 3 nitrogen and oxygen atoms in total. The van der Waals surface area contributed by atoms with E-state index in [4.69, 9.17) is 9.47 Å². The van der Waals surface area contributed by atoms with Crippen LogP contribution in [0.4, 0.5) is 0 Å². The highest BCUT2D eigenvalue weighted by atomic mass is 16.5. The van der Waals surface area contributed by atoms with Gasteiger partial charge in [0.1, 0.15) is 0 Å². The lowest BCUT2D eigenvalue weighted by atomic mass is 9.87. The molecule has 0 bridgehead atoms. The number of hydrogen-bond donors (Lipinski definition) is 1. The molecule has 1 aromatic rings. The third kappa shape index (κ3) is 4.92. The second-order valence-corrected chi connectivity index (χ2v) is 5.98. The van der Waals surface area contributed by atoms with E-state index in [9.17, 15) is 0 Å². The van der Waals surface area contributed by atoms with Crippen LogP contribution in [-0.4, -0.2) is 19.3 Å². The van der Waals surface area contributed by atoms with Gasteiger partial charge >= 0.3 is 0 Å². The van der Waals surface area contributed by atoms with Crippen molar-refractivity contribution >= 4 is 0 Å². The standard InChI is InChI=1S/C18H29NO2/c1-4-20-17-11-8-15(12-18(17)21-5-2)13-19-16-9-6-14(3)7-10-16/h8,11-12,14,16,19H,4-7,9-10,13H2,1-3H3. The average molecular weight is 291 g/mol. The summed E-state index contributed by atoms with van der Waals surface area (Å²) >= 11 is 0. The van der Waals surface area contributed by atoms with Gasteiger partial charge in [-0.25, -0.2) is 0 Å². The highest BCUT2D eigenvalue weighted by Gasteiger charge is 2.17. The van der Waals surface area contributed by atoms with E-state index in [1.807, 2.05) is 19.9 Å². The molecule has 0 aromatic heterocycles. The Morgan fingerprint density at radius 3 is 2.33 bits per heavy atom. The first-order valence-electron chi connectivity index (χ1n) is 8.34. The molecule has 0 heterocycles. The topological polar surface area (TPSA) is 30.5 Å². The maximum absolute atomic E-state index is 5.68. The third-order valence-electron chi connectivity index (χ3n) is 4.22. The number of nitrogens with one attached hydrogen (secondary N) is 1. The van der Waals surface area contributed by atoms with Gasteiger partial charge in [-0.15, -0.1) is 0 Å². The van der Waals surface area contributed by atoms with Crippen molar-refractivity contribution in [3.8, 4) is 11.5 Å². The van der Waals surface area contributed by atoms with Crippen LogP contribution < -0.4 is 14.8 Å². The normalized spacial score (nSPS) is 22.0. The molecule has 2 rings (SSSR count). The van der Waals surface area contributed by atoms with Crippen LogP contribution in [0, 0.1) is 5.92 Å². The monoisotopic (exact) mass is 291 g/mol. The lowest BCUT2D eigenvalue weighted by Gasteiger charge is -2.27. The van der Waals surface area contributed by atoms with E-state index in [-0.39, 0.29) is 0 Å². The largest absolute Gasteiger partial charge is 0.490 e. The number of hydrogen-bond acceptors (Lipinski definition) is 3. The minimum Gasteiger partial charge on any atom is -0.490 e. The number of ether oxygens (including phenoxy) is 2. The molecule has 1 fully saturated rings. The van der Waals surface area contributed by atoms with E-state index in [1.165, 1.54) is 31.2 Å². The smallest absolute Gasteiger partial charge is 0.161 e. The second kappa shape index (κ2) is 8.28. The molecule has 1 saturated carbocycles. The Kier molecular flexibility index (Phi) is 6.37. The minimum absolute atomic E-state index is 0.664. The van der Waals surface area contributed by atoms with Gasteiger partial charge in [0.2, 0.25) is 0 Å². The quantitative estimate of drug-likeness (QED) is 0.818. The van der Waals surface area contributed by atoms with Gasteiger partial charge in [-0.2, -0.15) is 0 Å². The van der Waals surface area contributed by atoms with Crippen molar-refractivity contribution in [2.24, 2.45) is 5.92 Å². The molecule has 1 N–H and O–H groups in total.